The van der Waals surface area contributed by atoms with Gasteiger partial charge >= 0.3 is 0 Å². The highest BCUT2D eigenvalue weighted by Crippen LogP contribution is 2.45. The number of hydrogen-bond donors (Lipinski definition) is 0. The van der Waals surface area contributed by atoms with Gasteiger partial charge in [-0.05, 0) is 24.1 Å². The highest BCUT2D eigenvalue weighted by molar-refractivity contribution is 7.93. The van der Waals surface area contributed by atoms with Crippen molar-refractivity contribution in [2.24, 2.45) is 5.92 Å². The van der Waals surface area contributed by atoms with Gasteiger partial charge in [0.1, 0.15) is 16.2 Å². The van der Waals surface area contributed by atoms with E-state index >= 15 is 0 Å². The molecule has 0 radical (unpaired) electrons. The Kier molecular flexibility index (Phi) is 4.77. The average Bonchev–Trinajstić information content (AvgIpc) is 2.79. The lowest BCUT2D eigenvalue weighted by atomic mass is 9.83. The van der Waals surface area contributed by atoms with Gasteiger partial charge in [-0.15, -0.1) is 0 Å². The summed E-state index contributed by atoms with van der Waals surface area (Å²) in [6, 6.07) is 5.75. The first-order valence-corrected chi connectivity index (χ1v) is 9.75. The molecule has 3 rings (SSSR count). The average molecular weight is 355 g/mol. The van der Waals surface area contributed by atoms with E-state index < -0.39 is 14.6 Å². The van der Waals surface area contributed by atoms with Crippen molar-refractivity contribution in [3.8, 4) is 11.5 Å². The lowest BCUT2D eigenvalue weighted by molar-refractivity contribution is 0.0411. The van der Waals surface area contributed by atoms with Gasteiger partial charge < -0.3 is 14.2 Å². The highest BCUT2D eigenvalue weighted by atomic mass is 32.2. The van der Waals surface area contributed by atoms with Crippen LogP contribution in [0.2, 0.25) is 0 Å². The quantitative estimate of drug-likeness (QED) is 0.767. The molecular formula is C17H25NO5S. The van der Waals surface area contributed by atoms with E-state index in [1.54, 1.807) is 21.3 Å². The maximum atomic E-state index is 12.5. The van der Waals surface area contributed by atoms with E-state index in [2.05, 4.69) is 4.90 Å². The Labute approximate surface area is 143 Å². The van der Waals surface area contributed by atoms with Crippen LogP contribution in [0.4, 0.5) is 0 Å². The Hall–Kier alpha value is -1.31. The predicted molar refractivity (Wildman–Crippen MR) is 91.3 cm³/mol. The van der Waals surface area contributed by atoms with Crippen molar-refractivity contribution in [1.29, 1.82) is 0 Å². The number of nitrogens with zero attached hydrogens (tertiary/aromatic N) is 1. The van der Waals surface area contributed by atoms with Crippen LogP contribution in [-0.4, -0.2) is 64.8 Å². The monoisotopic (exact) mass is 355 g/mol. The number of benzene rings is 1. The summed E-state index contributed by atoms with van der Waals surface area (Å²) in [6.45, 7) is 2.34. The van der Waals surface area contributed by atoms with Crippen LogP contribution in [0.1, 0.15) is 12.0 Å². The molecule has 0 unspecified atom stereocenters. The number of methoxy groups -OCH3 is 3. The summed E-state index contributed by atoms with van der Waals surface area (Å²) >= 11 is 0. The van der Waals surface area contributed by atoms with Gasteiger partial charge in [-0.1, -0.05) is 0 Å². The fourth-order valence-corrected chi connectivity index (χ4v) is 6.40. The van der Waals surface area contributed by atoms with E-state index in [0.717, 1.165) is 17.1 Å². The van der Waals surface area contributed by atoms with Gasteiger partial charge in [0.15, 0.2) is 9.84 Å². The minimum atomic E-state index is -3.04. The van der Waals surface area contributed by atoms with Crippen molar-refractivity contribution in [1.82, 2.24) is 4.90 Å². The van der Waals surface area contributed by atoms with Gasteiger partial charge in [0.25, 0.3) is 0 Å². The molecule has 0 aliphatic carbocycles. The van der Waals surface area contributed by atoms with Gasteiger partial charge in [0, 0.05) is 38.7 Å². The normalized spacial score (nSPS) is 24.7. The smallest absolute Gasteiger partial charge is 0.158 e. The largest absolute Gasteiger partial charge is 0.497 e. The second-order valence-corrected chi connectivity index (χ2v) is 9.14. The fraction of sp³-hybridized carbons (Fsp3) is 0.647. The zero-order chi connectivity index (χ0) is 17.4. The lowest BCUT2D eigenvalue weighted by Crippen LogP contribution is -2.67. The third kappa shape index (κ3) is 2.89. The van der Waals surface area contributed by atoms with Crippen molar-refractivity contribution in [3.63, 3.8) is 0 Å². The molecule has 0 aromatic heterocycles. The molecule has 2 fully saturated rings. The second kappa shape index (κ2) is 6.54. The van der Waals surface area contributed by atoms with E-state index in [1.165, 1.54) is 0 Å². The van der Waals surface area contributed by atoms with Crippen molar-refractivity contribution in [2.75, 3.05) is 46.8 Å². The topological polar surface area (TPSA) is 65.1 Å². The first-order chi connectivity index (χ1) is 11.4. The van der Waals surface area contributed by atoms with Crippen LogP contribution >= 0.6 is 0 Å². The maximum Gasteiger partial charge on any atom is 0.158 e. The molecule has 1 aromatic carbocycles. The molecule has 0 N–H and O–H groups in total. The summed E-state index contributed by atoms with van der Waals surface area (Å²) in [4.78, 5) is 2.17. The summed E-state index contributed by atoms with van der Waals surface area (Å²) in [5, 5.41) is 0. The Bertz CT molecular complexity index is 675. The predicted octanol–water partition coefficient (Wildman–Crippen LogP) is 1.34. The van der Waals surface area contributed by atoms with Gasteiger partial charge in [-0.3, -0.25) is 4.90 Å². The van der Waals surface area contributed by atoms with E-state index in [9.17, 15) is 8.42 Å². The minimum absolute atomic E-state index is 0.101. The van der Waals surface area contributed by atoms with Crippen LogP contribution in [0, 0.1) is 5.92 Å². The molecule has 2 aliphatic rings. The van der Waals surface area contributed by atoms with Crippen LogP contribution < -0.4 is 9.47 Å². The first-order valence-electron chi connectivity index (χ1n) is 8.09. The second-order valence-electron chi connectivity index (χ2n) is 6.69. The van der Waals surface area contributed by atoms with Crippen molar-refractivity contribution < 1.29 is 22.6 Å². The molecule has 1 aromatic rings. The first kappa shape index (κ1) is 17.5. The summed E-state index contributed by atoms with van der Waals surface area (Å²) in [5.41, 5.74) is 1.06. The number of sulfone groups is 1. The van der Waals surface area contributed by atoms with Crippen molar-refractivity contribution >= 4 is 9.84 Å². The Morgan fingerprint density at radius 3 is 2.29 bits per heavy atom. The van der Waals surface area contributed by atoms with Gasteiger partial charge in [0.2, 0.25) is 0 Å². The van der Waals surface area contributed by atoms with Gasteiger partial charge in [-0.25, -0.2) is 8.42 Å². The zero-order valence-electron chi connectivity index (χ0n) is 14.4. The number of likely N-dealkylation sites (tertiary alicyclic amines) is 1. The SMILES string of the molecule is COC[C@@H]1CCS(=O)(=O)C12CN(Cc1cc(OC)cc(OC)c1)C2. The Balaban J connectivity index is 1.72. The standard InChI is InChI=1S/C17H25NO5S/c1-21-10-14-4-5-24(19,20)17(14)11-18(12-17)9-13-6-15(22-2)8-16(7-13)23-3/h6-8,14H,4-5,9-12H2,1-3H3/t14-/m0/s1. The molecule has 7 heteroatoms. The zero-order valence-corrected chi connectivity index (χ0v) is 15.3. The van der Waals surface area contributed by atoms with Crippen molar-refractivity contribution in [2.45, 2.75) is 17.7 Å². The van der Waals surface area contributed by atoms with Crippen LogP contribution in [0.15, 0.2) is 18.2 Å². The molecule has 134 valence electrons. The molecule has 2 aliphatic heterocycles. The van der Waals surface area contributed by atoms with Gasteiger partial charge in [0.05, 0.1) is 26.6 Å². The Morgan fingerprint density at radius 2 is 1.75 bits per heavy atom. The van der Waals surface area contributed by atoms with E-state index in [-0.39, 0.29) is 11.7 Å². The molecule has 2 heterocycles. The summed E-state index contributed by atoms with van der Waals surface area (Å²) in [5.74, 6) is 1.86. The number of hydrogen-bond acceptors (Lipinski definition) is 6. The Morgan fingerprint density at radius 1 is 1.12 bits per heavy atom. The summed E-state index contributed by atoms with van der Waals surface area (Å²) < 4.78 is 40.3. The van der Waals surface area contributed by atoms with Crippen molar-refractivity contribution in [3.05, 3.63) is 23.8 Å². The molecule has 0 saturated carbocycles. The minimum Gasteiger partial charge on any atom is -0.497 e. The van der Waals surface area contributed by atoms with Crippen LogP contribution in [-0.2, 0) is 21.1 Å². The van der Waals surface area contributed by atoms with Gasteiger partial charge in [-0.2, -0.15) is 0 Å². The molecule has 24 heavy (non-hydrogen) atoms. The molecule has 0 amide bonds. The molecule has 1 spiro atoms. The maximum absolute atomic E-state index is 12.5. The van der Waals surface area contributed by atoms with Crippen LogP contribution in [0.5, 0.6) is 11.5 Å². The fourth-order valence-electron chi connectivity index (χ4n) is 3.95. The molecule has 2 saturated heterocycles. The van der Waals surface area contributed by atoms with Crippen LogP contribution in [0.25, 0.3) is 0 Å². The van der Waals surface area contributed by atoms with E-state index in [0.29, 0.717) is 32.7 Å². The third-order valence-corrected chi connectivity index (χ3v) is 7.87. The molecular weight excluding hydrogens is 330 g/mol. The molecule has 6 nitrogen and oxygen atoms in total. The van der Waals surface area contributed by atoms with E-state index in [1.807, 2.05) is 18.2 Å². The molecule has 1 atom stereocenters. The summed E-state index contributed by atoms with van der Waals surface area (Å²) in [7, 11) is 1.84. The summed E-state index contributed by atoms with van der Waals surface area (Å²) in [6.07, 6.45) is 0.705. The molecule has 0 bridgehead atoms. The lowest BCUT2D eigenvalue weighted by Gasteiger charge is -2.50. The number of rotatable bonds is 6. The van der Waals surface area contributed by atoms with Crippen LogP contribution in [0.3, 0.4) is 0 Å². The van der Waals surface area contributed by atoms with E-state index in [4.69, 9.17) is 14.2 Å². The third-order valence-electron chi connectivity index (χ3n) is 5.27. The highest BCUT2D eigenvalue weighted by Gasteiger charge is 2.61. The number of ether oxygens (including phenoxy) is 3.